The Bertz CT molecular complexity index is 770. The van der Waals surface area contributed by atoms with E-state index in [1.807, 2.05) is 0 Å². The Balaban J connectivity index is 1.93. The lowest BCUT2D eigenvalue weighted by molar-refractivity contribution is -0.112. The van der Waals surface area contributed by atoms with Gasteiger partial charge in [0.15, 0.2) is 15.6 Å². The molecule has 0 saturated heterocycles. The minimum absolute atomic E-state index is 0.0749. The molecular formula is C17H21NO5S. The zero-order valence-electron chi connectivity index (χ0n) is 14.0. The Morgan fingerprint density at radius 1 is 1.21 bits per heavy atom. The summed E-state index contributed by atoms with van der Waals surface area (Å²) in [5, 5.41) is 2.66. The fourth-order valence-corrected chi connectivity index (χ4v) is 3.68. The third kappa shape index (κ3) is 4.92. The number of nitrogens with one attached hydrogen (secondary N) is 1. The van der Waals surface area contributed by atoms with Crippen molar-refractivity contribution in [2.45, 2.75) is 32.8 Å². The highest BCUT2D eigenvalue weighted by atomic mass is 32.2. The highest BCUT2D eigenvalue weighted by molar-refractivity contribution is 8.01. The monoisotopic (exact) mass is 351 g/mol. The van der Waals surface area contributed by atoms with Crippen molar-refractivity contribution in [3.63, 3.8) is 0 Å². The number of ketones is 1. The number of hydrogen-bond acceptors (Lipinski definition) is 5. The van der Waals surface area contributed by atoms with Crippen molar-refractivity contribution in [3.8, 4) is 0 Å². The summed E-state index contributed by atoms with van der Waals surface area (Å²) in [5.74, 6) is -0.847. The molecule has 130 valence electrons. The summed E-state index contributed by atoms with van der Waals surface area (Å²) in [5.41, 5.74) is 0.908. The minimum atomic E-state index is -3.51. The lowest BCUT2D eigenvalue weighted by Crippen LogP contribution is -2.33. The van der Waals surface area contributed by atoms with E-state index in [9.17, 15) is 18.0 Å². The predicted molar refractivity (Wildman–Crippen MR) is 91.2 cm³/mol. The Morgan fingerprint density at radius 2 is 1.83 bits per heavy atom. The van der Waals surface area contributed by atoms with Crippen LogP contribution in [0.15, 0.2) is 30.3 Å². The number of carbonyl (C=O) groups is 2. The highest BCUT2D eigenvalue weighted by Gasteiger charge is 2.29. The number of carbonyl (C=O) groups excluding carboxylic acids is 2. The maximum Gasteiger partial charge on any atom is 0.407 e. The number of rotatable bonds is 4. The standard InChI is InChI=1S/C17H21NO5S/c1-17(2,3)23-16(20)18-9-8-12-4-6-13(7-5-12)15-10-14(19)11-24(15,21)22/h4-7,10H,8-9,11H2,1-3H3,(H,18,20). The molecule has 0 aliphatic carbocycles. The number of alkyl carbamates (subject to hydrolysis) is 1. The molecule has 0 bridgehead atoms. The van der Waals surface area contributed by atoms with Crippen LogP contribution in [0.3, 0.4) is 0 Å². The van der Waals surface area contributed by atoms with Crippen LogP contribution in [-0.2, 0) is 25.8 Å². The number of benzene rings is 1. The van der Waals surface area contributed by atoms with E-state index in [0.717, 1.165) is 5.56 Å². The van der Waals surface area contributed by atoms with Crippen LogP contribution in [0, 0.1) is 0 Å². The van der Waals surface area contributed by atoms with E-state index < -0.39 is 33.1 Å². The van der Waals surface area contributed by atoms with Crippen molar-refractivity contribution < 1.29 is 22.7 Å². The zero-order valence-corrected chi connectivity index (χ0v) is 14.8. The van der Waals surface area contributed by atoms with Gasteiger partial charge in [-0.05, 0) is 38.3 Å². The second-order valence-electron chi connectivity index (χ2n) is 6.61. The van der Waals surface area contributed by atoms with Gasteiger partial charge in [0.05, 0.1) is 4.91 Å². The van der Waals surface area contributed by atoms with Gasteiger partial charge in [0.1, 0.15) is 11.4 Å². The Morgan fingerprint density at radius 3 is 2.33 bits per heavy atom. The number of hydrogen-bond donors (Lipinski definition) is 1. The summed E-state index contributed by atoms with van der Waals surface area (Å²) in [6.07, 6.45) is 1.29. The smallest absolute Gasteiger partial charge is 0.407 e. The molecule has 0 saturated carbocycles. The van der Waals surface area contributed by atoms with Crippen LogP contribution in [0.2, 0.25) is 0 Å². The SMILES string of the molecule is CC(C)(C)OC(=O)NCCc1ccc(C2=CC(=O)CS2(=O)=O)cc1. The average molecular weight is 351 g/mol. The molecule has 0 atom stereocenters. The van der Waals surface area contributed by atoms with E-state index in [0.29, 0.717) is 18.5 Å². The van der Waals surface area contributed by atoms with Crippen molar-refractivity contribution in [1.29, 1.82) is 0 Å². The average Bonchev–Trinajstić information content (AvgIpc) is 2.70. The first kappa shape index (κ1) is 18.2. The van der Waals surface area contributed by atoms with Crippen molar-refractivity contribution in [3.05, 3.63) is 41.5 Å². The van der Waals surface area contributed by atoms with Gasteiger partial charge in [-0.2, -0.15) is 0 Å². The van der Waals surface area contributed by atoms with E-state index in [4.69, 9.17) is 4.74 Å². The van der Waals surface area contributed by atoms with E-state index in [1.54, 1.807) is 45.0 Å². The summed E-state index contributed by atoms with van der Waals surface area (Å²) in [7, 11) is -3.51. The molecular weight excluding hydrogens is 330 g/mol. The molecule has 1 N–H and O–H groups in total. The molecule has 1 aliphatic heterocycles. The third-order valence-electron chi connectivity index (χ3n) is 3.28. The molecule has 0 aromatic heterocycles. The molecule has 1 aliphatic rings. The molecule has 0 unspecified atom stereocenters. The van der Waals surface area contributed by atoms with E-state index in [2.05, 4.69) is 5.32 Å². The number of sulfone groups is 1. The molecule has 24 heavy (non-hydrogen) atoms. The van der Waals surface area contributed by atoms with Crippen LogP contribution in [0.4, 0.5) is 4.79 Å². The van der Waals surface area contributed by atoms with E-state index in [1.165, 1.54) is 6.08 Å². The molecule has 2 rings (SSSR count). The van der Waals surface area contributed by atoms with Crippen molar-refractivity contribution in [2.75, 3.05) is 12.3 Å². The third-order valence-corrected chi connectivity index (χ3v) is 4.97. The summed E-state index contributed by atoms with van der Waals surface area (Å²) < 4.78 is 28.9. The zero-order chi connectivity index (χ0) is 18.0. The molecule has 0 fully saturated rings. The topological polar surface area (TPSA) is 89.5 Å². The summed E-state index contributed by atoms with van der Waals surface area (Å²) in [4.78, 5) is 22.9. The van der Waals surface area contributed by atoms with Crippen LogP contribution < -0.4 is 5.32 Å². The van der Waals surface area contributed by atoms with Crippen molar-refractivity contribution >= 4 is 26.6 Å². The first-order chi connectivity index (χ1) is 11.1. The van der Waals surface area contributed by atoms with Crippen LogP contribution in [0.25, 0.3) is 4.91 Å². The Hall–Kier alpha value is -2.15. The van der Waals surface area contributed by atoms with Gasteiger partial charge in [0.25, 0.3) is 0 Å². The molecule has 0 radical (unpaired) electrons. The largest absolute Gasteiger partial charge is 0.444 e. The molecule has 1 heterocycles. The quantitative estimate of drug-likeness (QED) is 0.897. The second-order valence-corrected chi connectivity index (χ2v) is 8.57. The summed E-state index contributed by atoms with van der Waals surface area (Å²) in [6.45, 7) is 5.79. The number of ether oxygens (including phenoxy) is 1. The molecule has 1 aromatic rings. The van der Waals surface area contributed by atoms with Gasteiger partial charge in [-0.15, -0.1) is 0 Å². The second kappa shape index (κ2) is 6.76. The molecule has 1 aromatic carbocycles. The Kier molecular flexibility index (Phi) is 5.13. The van der Waals surface area contributed by atoms with Crippen molar-refractivity contribution in [1.82, 2.24) is 5.32 Å². The first-order valence-electron chi connectivity index (χ1n) is 7.60. The normalized spacial score (nSPS) is 16.6. The van der Waals surface area contributed by atoms with Gasteiger partial charge >= 0.3 is 6.09 Å². The Labute approximate surface area is 141 Å². The van der Waals surface area contributed by atoms with Crippen LogP contribution >= 0.6 is 0 Å². The van der Waals surface area contributed by atoms with Crippen molar-refractivity contribution in [2.24, 2.45) is 0 Å². The summed E-state index contributed by atoms with van der Waals surface area (Å²) in [6, 6.07) is 6.91. The van der Waals surface area contributed by atoms with Crippen LogP contribution in [-0.4, -0.2) is 38.2 Å². The number of allylic oxidation sites excluding steroid dienone is 1. The fourth-order valence-electron chi connectivity index (χ4n) is 2.26. The lowest BCUT2D eigenvalue weighted by atomic mass is 10.1. The van der Waals surface area contributed by atoms with Gasteiger partial charge in [-0.3, -0.25) is 4.79 Å². The number of amides is 1. The maximum atomic E-state index is 11.9. The van der Waals surface area contributed by atoms with Gasteiger partial charge in [0.2, 0.25) is 0 Å². The first-order valence-corrected chi connectivity index (χ1v) is 9.25. The van der Waals surface area contributed by atoms with E-state index >= 15 is 0 Å². The van der Waals surface area contributed by atoms with E-state index in [-0.39, 0.29) is 4.91 Å². The predicted octanol–water partition coefficient (Wildman–Crippen LogP) is 2.09. The molecule has 7 heteroatoms. The molecule has 0 spiro atoms. The van der Waals surface area contributed by atoms with Gasteiger partial charge < -0.3 is 10.1 Å². The fraction of sp³-hybridized carbons (Fsp3) is 0.412. The van der Waals surface area contributed by atoms with Crippen LogP contribution in [0.1, 0.15) is 31.9 Å². The summed E-state index contributed by atoms with van der Waals surface area (Å²) >= 11 is 0. The maximum absolute atomic E-state index is 11.9. The lowest BCUT2D eigenvalue weighted by Gasteiger charge is -2.19. The minimum Gasteiger partial charge on any atom is -0.444 e. The molecule has 1 amide bonds. The van der Waals surface area contributed by atoms with Gasteiger partial charge in [0, 0.05) is 12.6 Å². The molecule has 6 nitrogen and oxygen atoms in total. The van der Waals surface area contributed by atoms with Gasteiger partial charge in [-0.25, -0.2) is 13.2 Å². The van der Waals surface area contributed by atoms with Gasteiger partial charge in [-0.1, -0.05) is 24.3 Å². The highest BCUT2D eigenvalue weighted by Crippen LogP contribution is 2.27. The van der Waals surface area contributed by atoms with Crippen LogP contribution in [0.5, 0.6) is 0 Å².